The molecular formula is C17H26N2O5S. The summed E-state index contributed by atoms with van der Waals surface area (Å²) in [6.45, 7) is 7.13. The Balaban J connectivity index is 2.88. The zero-order chi connectivity index (χ0) is 19.3. The van der Waals surface area contributed by atoms with Gasteiger partial charge in [-0.2, -0.15) is 0 Å². The minimum absolute atomic E-state index is 0.0414. The highest BCUT2D eigenvalue weighted by atomic mass is 32.2. The second kappa shape index (κ2) is 8.44. The Hall–Kier alpha value is -1.93. The Labute approximate surface area is 148 Å². The maximum absolute atomic E-state index is 12.2. The summed E-state index contributed by atoms with van der Waals surface area (Å²) in [6, 6.07) is 4.42. The van der Waals surface area contributed by atoms with Crippen LogP contribution in [0, 0.1) is 0 Å². The Bertz CT molecular complexity index is 706. The summed E-state index contributed by atoms with van der Waals surface area (Å²) in [5.74, 6) is -1.63. The lowest BCUT2D eigenvalue weighted by Crippen LogP contribution is -2.41. The van der Waals surface area contributed by atoms with Gasteiger partial charge in [-0.15, -0.1) is 0 Å². The predicted octanol–water partition coefficient (Wildman–Crippen LogP) is 2.14. The quantitative estimate of drug-likeness (QED) is 0.649. The minimum atomic E-state index is -3.68. The van der Waals surface area contributed by atoms with Crippen LogP contribution in [-0.4, -0.2) is 37.0 Å². The van der Waals surface area contributed by atoms with Crippen molar-refractivity contribution >= 4 is 21.9 Å². The maximum Gasteiger partial charge on any atom is 0.326 e. The summed E-state index contributed by atoms with van der Waals surface area (Å²) in [7, 11) is -3.68. The first-order chi connectivity index (χ1) is 11.5. The highest BCUT2D eigenvalue weighted by Crippen LogP contribution is 2.14. The number of unbranched alkanes of at least 4 members (excludes halogenated alkanes) is 1. The average Bonchev–Trinajstić information content (AvgIpc) is 2.48. The molecule has 1 atom stereocenters. The number of rotatable bonds is 8. The maximum atomic E-state index is 12.2. The highest BCUT2D eigenvalue weighted by molar-refractivity contribution is 7.89. The first-order valence-electron chi connectivity index (χ1n) is 8.14. The van der Waals surface area contributed by atoms with Gasteiger partial charge < -0.3 is 10.4 Å². The van der Waals surface area contributed by atoms with Gasteiger partial charge in [0.2, 0.25) is 10.0 Å². The zero-order valence-corrected chi connectivity index (χ0v) is 15.8. The molecule has 0 aliphatic heterocycles. The fourth-order valence-electron chi connectivity index (χ4n) is 2.15. The van der Waals surface area contributed by atoms with Crippen LogP contribution in [-0.2, 0) is 14.8 Å². The summed E-state index contributed by atoms with van der Waals surface area (Å²) >= 11 is 0. The van der Waals surface area contributed by atoms with Crippen LogP contribution in [0.5, 0.6) is 0 Å². The van der Waals surface area contributed by atoms with E-state index in [9.17, 15) is 18.0 Å². The number of carboxylic acid groups (broad SMARTS) is 1. The third kappa shape index (κ3) is 6.83. The molecule has 0 saturated carbocycles. The number of amides is 1. The number of hydrogen-bond acceptors (Lipinski definition) is 4. The molecule has 25 heavy (non-hydrogen) atoms. The molecule has 0 radical (unpaired) electrons. The summed E-state index contributed by atoms with van der Waals surface area (Å²) in [4.78, 5) is 23.4. The molecule has 1 aromatic carbocycles. The molecule has 0 spiro atoms. The minimum Gasteiger partial charge on any atom is -0.480 e. The molecule has 0 heterocycles. The van der Waals surface area contributed by atoms with Gasteiger partial charge in [0, 0.05) is 11.1 Å². The van der Waals surface area contributed by atoms with Crippen LogP contribution in [0.3, 0.4) is 0 Å². The Morgan fingerprint density at radius 1 is 1.16 bits per heavy atom. The third-order valence-corrected chi connectivity index (χ3v) is 5.09. The monoisotopic (exact) mass is 370 g/mol. The van der Waals surface area contributed by atoms with Gasteiger partial charge in [-0.3, -0.25) is 4.79 Å². The topological polar surface area (TPSA) is 113 Å². The second-order valence-electron chi connectivity index (χ2n) is 6.89. The van der Waals surface area contributed by atoms with Crippen molar-refractivity contribution in [3.63, 3.8) is 0 Å². The molecule has 1 aromatic rings. The summed E-state index contributed by atoms with van der Waals surface area (Å²) in [6.07, 6.45) is 1.86. The van der Waals surface area contributed by atoms with Gasteiger partial charge in [0.05, 0.1) is 4.90 Å². The first-order valence-corrected chi connectivity index (χ1v) is 9.62. The van der Waals surface area contributed by atoms with E-state index in [1.54, 1.807) is 20.8 Å². The highest BCUT2D eigenvalue weighted by Gasteiger charge is 2.23. The van der Waals surface area contributed by atoms with Crippen molar-refractivity contribution in [1.82, 2.24) is 10.0 Å². The van der Waals surface area contributed by atoms with E-state index in [-0.39, 0.29) is 10.5 Å². The molecule has 0 aliphatic rings. The van der Waals surface area contributed by atoms with E-state index in [2.05, 4.69) is 10.0 Å². The number of aliphatic carboxylic acids is 1. The van der Waals surface area contributed by atoms with Gasteiger partial charge in [-0.05, 0) is 51.5 Å². The van der Waals surface area contributed by atoms with Crippen molar-refractivity contribution in [2.75, 3.05) is 0 Å². The number of carbonyl (C=O) groups excluding carboxylic acids is 1. The largest absolute Gasteiger partial charge is 0.480 e. The molecular weight excluding hydrogens is 344 g/mol. The Morgan fingerprint density at radius 3 is 2.16 bits per heavy atom. The van der Waals surface area contributed by atoms with Gasteiger partial charge in [0.1, 0.15) is 6.04 Å². The number of carbonyl (C=O) groups is 2. The van der Waals surface area contributed by atoms with Gasteiger partial charge in [-0.25, -0.2) is 17.9 Å². The molecule has 1 amide bonds. The van der Waals surface area contributed by atoms with Crippen molar-refractivity contribution in [1.29, 1.82) is 0 Å². The standard InChI is InChI=1S/C17H26N2O5S/c1-5-6-7-14(16(21)22)18-15(20)12-8-10-13(11-9-12)25(23,24)19-17(2,3)4/h8-11,14,19H,5-7H2,1-4H3,(H,18,20)(H,21,22)/t14-/m0/s1. The number of sulfonamides is 1. The third-order valence-electron chi connectivity index (χ3n) is 3.32. The van der Waals surface area contributed by atoms with E-state index in [0.29, 0.717) is 12.8 Å². The number of benzene rings is 1. The molecule has 0 fully saturated rings. The Morgan fingerprint density at radius 2 is 1.72 bits per heavy atom. The van der Waals surface area contributed by atoms with E-state index in [1.165, 1.54) is 24.3 Å². The summed E-state index contributed by atoms with van der Waals surface area (Å²) in [5, 5.41) is 11.6. The van der Waals surface area contributed by atoms with Crippen LogP contribution < -0.4 is 10.0 Å². The lowest BCUT2D eigenvalue weighted by Gasteiger charge is -2.20. The van der Waals surface area contributed by atoms with E-state index < -0.39 is 33.5 Å². The van der Waals surface area contributed by atoms with Crippen LogP contribution in [0.25, 0.3) is 0 Å². The molecule has 0 aliphatic carbocycles. The first kappa shape index (κ1) is 21.1. The fraction of sp³-hybridized carbons (Fsp3) is 0.529. The fourth-order valence-corrected chi connectivity index (χ4v) is 3.57. The SMILES string of the molecule is CCCC[C@H](NC(=O)c1ccc(S(=O)(=O)NC(C)(C)C)cc1)C(=O)O. The van der Waals surface area contributed by atoms with E-state index in [1.807, 2.05) is 6.92 Å². The predicted molar refractivity (Wildman–Crippen MR) is 94.9 cm³/mol. The van der Waals surface area contributed by atoms with Crippen molar-refractivity contribution in [3.05, 3.63) is 29.8 Å². The molecule has 0 unspecified atom stereocenters. The smallest absolute Gasteiger partial charge is 0.326 e. The van der Waals surface area contributed by atoms with E-state index >= 15 is 0 Å². The molecule has 0 bridgehead atoms. The molecule has 0 aromatic heterocycles. The van der Waals surface area contributed by atoms with E-state index in [0.717, 1.165) is 6.42 Å². The van der Waals surface area contributed by atoms with Crippen LogP contribution in [0.15, 0.2) is 29.2 Å². The lowest BCUT2D eigenvalue weighted by molar-refractivity contribution is -0.139. The van der Waals surface area contributed by atoms with Gasteiger partial charge in [-0.1, -0.05) is 19.8 Å². The lowest BCUT2D eigenvalue weighted by atomic mass is 10.1. The number of nitrogens with one attached hydrogen (secondary N) is 2. The van der Waals surface area contributed by atoms with Crippen molar-refractivity contribution < 1.29 is 23.1 Å². The van der Waals surface area contributed by atoms with Crippen LogP contribution in [0.1, 0.15) is 57.3 Å². The van der Waals surface area contributed by atoms with Crippen LogP contribution in [0.4, 0.5) is 0 Å². The van der Waals surface area contributed by atoms with Gasteiger partial charge >= 0.3 is 5.97 Å². The molecule has 8 heteroatoms. The van der Waals surface area contributed by atoms with Crippen molar-refractivity contribution in [2.24, 2.45) is 0 Å². The van der Waals surface area contributed by atoms with Crippen molar-refractivity contribution in [3.8, 4) is 0 Å². The molecule has 3 N–H and O–H groups in total. The van der Waals surface area contributed by atoms with Crippen LogP contribution in [0.2, 0.25) is 0 Å². The van der Waals surface area contributed by atoms with Crippen LogP contribution >= 0.6 is 0 Å². The Kier molecular flexibility index (Phi) is 7.13. The molecule has 7 nitrogen and oxygen atoms in total. The van der Waals surface area contributed by atoms with E-state index in [4.69, 9.17) is 5.11 Å². The average molecular weight is 370 g/mol. The van der Waals surface area contributed by atoms with Gasteiger partial charge in [0.15, 0.2) is 0 Å². The normalized spacial score (nSPS) is 13.3. The number of carboxylic acids is 1. The number of hydrogen-bond donors (Lipinski definition) is 3. The molecule has 0 saturated heterocycles. The zero-order valence-electron chi connectivity index (χ0n) is 15.0. The summed E-state index contributed by atoms with van der Waals surface area (Å²) < 4.78 is 27.0. The molecule has 1 rings (SSSR count). The van der Waals surface area contributed by atoms with Gasteiger partial charge in [0.25, 0.3) is 5.91 Å². The van der Waals surface area contributed by atoms with Crippen molar-refractivity contribution in [2.45, 2.75) is 63.4 Å². The summed E-state index contributed by atoms with van der Waals surface area (Å²) in [5.41, 5.74) is -0.416. The second-order valence-corrected chi connectivity index (χ2v) is 8.57. The molecule has 140 valence electrons.